The second-order valence-corrected chi connectivity index (χ2v) is 4.91. The lowest BCUT2D eigenvalue weighted by Gasteiger charge is -2.22. The van der Waals surface area contributed by atoms with Crippen molar-refractivity contribution in [3.63, 3.8) is 0 Å². The first kappa shape index (κ1) is 11.0. The Bertz CT molecular complexity index is 422. The van der Waals surface area contributed by atoms with Crippen molar-refractivity contribution in [2.24, 2.45) is 0 Å². The summed E-state index contributed by atoms with van der Waals surface area (Å²) in [6, 6.07) is 4.33. The average Bonchev–Trinajstić information content (AvgIpc) is 2.88. The number of anilines is 1. The third-order valence-electron chi connectivity index (χ3n) is 3.88. The average molecular weight is 238 g/mol. The molecular formula is C13H16F2N2. The molecule has 0 spiro atoms. The normalized spacial score (nSPS) is 28.4. The number of fused-ring (bicyclic) bond motifs is 1. The molecule has 2 unspecified atom stereocenters. The summed E-state index contributed by atoms with van der Waals surface area (Å²) in [4.78, 5) is 2.44. The van der Waals surface area contributed by atoms with Gasteiger partial charge in [0.15, 0.2) is 0 Å². The molecule has 92 valence electrons. The van der Waals surface area contributed by atoms with Crippen molar-refractivity contribution in [3.05, 3.63) is 29.8 Å². The Hall–Kier alpha value is -1.16. The minimum atomic E-state index is -0.393. The molecule has 0 saturated carbocycles. The van der Waals surface area contributed by atoms with Crippen LogP contribution in [0.25, 0.3) is 0 Å². The Morgan fingerprint density at radius 3 is 2.94 bits per heavy atom. The van der Waals surface area contributed by atoms with Crippen LogP contribution in [0, 0.1) is 11.6 Å². The molecule has 17 heavy (non-hydrogen) atoms. The summed E-state index contributed by atoms with van der Waals surface area (Å²) >= 11 is 0. The van der Waals surface area contributed by atoms with Crippen molar-refractivity contribution in [1.82, 2.24) is 4.90 Å². The van der Waals surface area contributed by atoms with E-state index in [1.54, 1.807) is 0 Å². The molecule has 2 fully saturated rings. The van der Waals surface area contributed by atoms with Crippen molar-refractivity contribution >= 4 is 5.69 Å². The molecule has 2 heterocycles. The van der Waals surface area contributed by atoms with Crippen LogP contribution in [0.1, 0.15) is 19.3 Å². The molecule has 3 rings (SSSR count). The summed E-state index contributed by atoms with van der Waals surface area (Å²) in [5, 5.41) is 3.16. The van der Waals surface area contributed by atoms with Crippen molar-refractivity contribution < 1.29 is 8.78 Å². The molecule has 2 aliphatic heterocycles. The molecule has 0 amide bonds. The predicted molar refractivity (Wildman–Crippen MR) is 63.0 cm³/mol. The summed E-state index contributed by atoms with van der Waals surface area (Å²) in [5.41, 5.74) is 0.295. The molecule has 0 bridgehead atoms. The van der Waals surface area contributed by atoms with E-state index in [9.17, 15) is 8.78 Å². The maximum atomic E-state index is 13.5. The quantitative estimate of drug-likeness (QED) is 0.852. The number of benzene rings is 1. The third kappa shape index (κ3) is 2.02. The van der Waals surface area contributed by atoms with Gasteiger partial charge in [0.1, 0.15) is 11.6 Å². The SMILES string of the molecule is Fc1ccc(F)c(NC2CCN3CCCC23)c1. The predicted octanol–water partition coefficient (Wildman–Crippen LogP) is 2.61. The monoisotopic (exact) mass is 238 g/mol. The minimum absolute atomic E-state index is 0.258. The number of rotatable bonds is 2. The molecule has 0 aromatic heterocycles. The highest BCUT2D eigenvalue weighted by Crippen LogP contribution is 2.30. The van der Waals surface area contributed by atoms with Gasteiger partial charge in [-0.3, -0.25) is 4.90 Å². The fourth-order valence-corrected chi connectivity index (χ4v) is 3.06. The molecule has 4 heteroatoms. The van der Waals surface area contributed by atoms with Crippen molar-refractivity contribution in [3.8, 4) is 0 Å². The van der Waals surface area contributed by atoms with Gasteiger partial charge in [-0.25, -0.2) is 8.78 Å². The van der Waals surface area contributed by atoms with Crippen LogP contribution in [0.2, 0.25) is 0 Å². The lowest BCUT2D eigenvalue weighted by Crippen LogP contribution is -2.34. The van der Waals surface area contributed by atoms with E-state index >= 15 is 0 Å². The van der Waals surface area contributed by atoms with Crippen molar-refractivity contribution in [1.29, 1.82) is 0 Å². The van der Waals surface area contributed by atoms with E-state index in [0.717, 1.165) is 32.0 Å². The van der Waals surface area contributed by atoms with E-state index in [1.165, 1.54) is 18.6 Å². The van der Waals surface area contributed by atoms with Gasteiger partial charge in [0.2, 0.25) is 0 Å². The van der Waals surface area contributed by atoms with Gasteiger partial charge in [-0.05, 0) is 44.0 Å². The molecule has 2 atom stereocenters. The van der Waals surface area contributed by atoms with Crippen LogP contribution in [0.3, 0.4) is 0 Å². The third-order valence-corrected chi connectivity index (χ3v) is 3.88. The molecule has 2 saturated heterocycles. The van der Waals surface area contributed by atoms with Crippen LogP contribution in [0.5, 0.6) is 0 Å². The minimum Gasteiger partial charge on any atom is -0.378 e. The van der Waals surface area contributed by atoms with Gasteiger partial charge in [-0.2, -0.15) is 0 Å². The molecule has 0 aliphatic carbocycles. The van der Waals surface area contributed by atoms with Crippen LogP contribution < -0.4 is 5.32 Å². The number of hydrogen-bond donors (Lipinski definition) is 1. The highest BCUT2D eigenvalue weighted by Gasteiger charge is 2.37. The maximum absolute atomic E-state index is 13.5. The van der Waals surface area contributed by atoms with Gasteiger partial charge in [0.05, 0.1) is 5.69 Å². The topological polar surface area (TPSA) is 15.3 Å². The molecule has 1 aromatic carbocycles. The molecule has 1 N–H and O–H groups in total. The van der Waals surface area contributed by atoms with Gasteiger partial charge in [-0.1, -0.05) is 0 Å². The van der Waals surface area contributed by atoms with Crippen LogP contribution in [-0.2, 0) is 0 Å². The van der Waals surface area contributed by atoms with Gasteiger partial charge in [-0.15, -0.1) is 0 Å². The first-order chi connectivity index (χ1) is 8.24. The molecule has 1 aromatic rings. The summed E-state index contributed by atoms with van der Waals surface area (Å²) in [6.45, 7) is 2.22. The van der Waals surface area contributed by atoms with Crippen LogP contribution in [0.15, 0.2) is 18.2 Å². The number of halogens is 2. The summed E-state index contributed by atoms with van der Waals surface area (Å²) in [7, 11) is 0. The van der Waals surface area contributed by atoms with E-state index in [2.05, 4.69) is 10.2 Å². The van der Waals surface area contributed by atoms with Gasteiger partial charge >= 0.3 is 0 Å². The van der Waals surface area contributed by atoms with E-state index in [-0.39, 0.29) is 11.9 Å². The van der Waals surface area contributed by atoms with Crippen molar-refractivity contribution in [2.45, 2.75) is 31.3 Å². The lowest BCUT2D eigenvalue weighted by atomic mass is 10.1. The Morgan fingerprint density at radius 1 is 1.18 bits per heavy atom. The van der Waals surface area contributed by atoms with Crippen molar-refractivity contribution in [2.75, 3.05) is 18.4 Å². The number of nitrogens with one attached hydrogen (secondary N) is 1. The van der Waals surface area contributed by atoms with Gasteiger partial charge < -0.3 is 5.32 Å². The molecule has 2 aliphatic rings. The van der Waals surface area contributed by atoms with E-state index in [1.807, 2.05) is 0 Å². The van der Waals surface area contributed by atoms with E-state index < -0.39 is 5.82 Å². The largest absolute Gasteiger partial charge is 0.378 e. The Morgan fingerprint density at radius 2 is 2.06 bits per heavy atom. The zero-order chi connectivity index (χ0) is 11.8. The zero-order valence-corrected chi connectivity index (χ0v) is 9.63. The zero-order valence-electron chi connectivity index (χ0n) is 9.63. The second-order valence-electron chi connectivity index (χ2n) is 4.91. The fraction of sp³-hybridized carbons (Fsp3) is 0.538. The highest BCUT2D eigenvalue weighted by atomic mass is 19.1. The van der Waals surface area contributed by atoms with Crippen LogP contribution in [-0.4, -0.2) is 30.1 Å². The Labute approximate surface area is 99.6 Å². The Kier molecular flexibility index (Phi) is 2.74. The van der Waals surface area contributed by atoms with E-state index in [0.29, 0.717) is 11.7 Å². The number of nitrogens with zero attached hydrogens (tertiary/aromatic N) is 1. The summed E-state index contributed by atoms with van der Waals surface area (Å²) in [5.74, 6) is -0.766. The lowest BCUT2D eigenvalue weighted by molar-refractivity contribution is 0.318. The molecular weight excluding hydrogens is 222 g/mol. The molecule has 0 radical (unpaired) electrons. The van der Waals surface area contributed by atoms with Gasteiger partial charge in [0.25, 0.3) is 0 Å². The van der Waals surface area contributed by atoms with E-state index in [4.69, 9.17) is 0 Å². The Balaban J connectivity index is 1.76. The number of hydrogen-bond acceptors (Lipinski definition) is 2. The van der Waals surface area contributed by atoms with Gasteiger partial charge in [0, 0.05) is 18.6 Å². The van der Waals surface area contributed by atoms with Crippen LogP contribution >= 0.6 is 0 Å². The van der Waals surface area contributed by atoms with Crippen LogP contribution in [0.4, 0.5) is 14.5 Å². The standard InChI is InChI=1S/C13H16F2N2/c14-9-3-4-10(15)12(8-9)16-11-5-7-17-6-1-2-13(11)17/h3-4,8,11,13,16H,1-2,5-7H2. The summed E-state index contributed by atoms with van der Waals surface area (Å²) in [6.07, 6.45) is 3.39. The second kappa shape index (κ2) is 4.26. The summed E-state index contributed by atoms with van der Waals surface area (Å²) < 4.78 is 26.6. The highest BCUT2D eigenvalue weighted by molar-refractivity contribution is 5.46. The molecule has 2 nitrogen and oxygen atoms in total. The first-order valence-corrected chi connectivity index (χ1v) is 6.20. The first-order valence-electron chi connectivity index (χ1n) is 6.20. The smallest absolute Gasteiger partial charge is 0.146 e. The fourth-order valence-electron chi connectivity index (χ4n) is 3.06. The maximum Gasteiger partial charge on any atom is 0.146 e.